The van der Waals surface area contributed by atoms with Crippen LogP contribution in [0, 0.1) is 17.8 Å². The van der Waals surface area contributed by atoms with Crippen molar-refractivity contribution in [1.29, 1.82) is 0 Å². The van der Waals surface area contributed by atoms with E-state index < -0.39 is 164 Å². The number of aliphatic carboxylic acids is 1. The van der Waals surface area contributed by atoms with Crippen molar-refractivity contribution in [2.24, 2.45) is 17.8 Å². The van der Waals surface area contributed by atoms with E-state index in [1.54, 1.807) is 37.5 Å². The van der Waals surface area contributed by atoms with Crippen LogP contribution in [0.1, 0.15) is 251 Å². The summed E-state index contributed by atoms with van der Waals surface area (Å²) in [6.45, 7) is 20.4. The van der Waals surface area contributed by atoms with Gasteiger partial charge in [0.1, 0.15) is 56.4 Å². The van der Waals surface area contributed by atoms with Crippen LogP contribution in [0.25, 0.3) is 0 Å². The summed E-state index contributed by atoms with van der Waals surface area (Å²) < 4.78 is 74.5. The van der Waals surface area contributed by atoms with Gasteiger partial charge in [0.25, 0.3) is 5.91 Å². The van der Waals surface area contributed by atoms with Gasteiger partial charge in [0.15, 0.2) is 25.0 Å². The van der Waals surface area contributed by atoms with Crippen molar-refractivity contribution in [2.45, 2.75) is 330 Å². The van der Waals surface area contributed by atoms with Crippen LogP contribution in [-0.2, 0) is 133 Å². The molecule has 7 unspecified atom stereocenters. The van der Waals surface area contributed by atoms with E-state index in [1.807, 2.05) is 0 Å². The minimum Gasteiger partial charge on any atom is -0.481 e. The summed E-state index contributed by atoms with van der Waals surface area (Å²) in [5, 5.41) is 23.7. The minimum absolute atomic E-state index is 0.0952. The largest absolute Gasteiger partial charge is 0.481 e. The number of carbonyl (C=O) groups is 15. The topological polar surface area (TPSA) is 463 Å². The van der Waals surface area contributed by atoms with Gasteiger partial charge in [-0.15, -0.1) is 0 Å². The highest BCUT2D eigenvalue weighted by Gasteiger charge is 2.50. The lowest BCUT2D eigenvalue weighted by molar-refractivity contribution is -0.262. The van der Waals surface area contributed by atoms with Crippen LogP contribution in [-0.4, -0.2) is 263 Å². The van der Waals surface area contributed by atoms with E-state index in [2.05, 4.69) is 26.6 Å². The fraction of sp³-hybridized carbons (Fsp3) is 0.815. The third-order valence-electron chi connectivity index (χ3n) is 20.1. The molecule has 3 heterocycles. The Morgan fingerprint density at radius 3 is 1.02 bits per heavy atom. The number of esters is 7. The smallest absolute Gasteiger partial charge is 0.307 e. The van der Waals surface area contributed by atoms with Gasteiger partial charge in [0.2, 0.25) is 35.4 Å². The standard InChI is InChI=1S/C81H135N7O29/c1-14-63(114-71(103)38-37-70(101)102)78(104)88(44-33-40-83-68(99)35-25-19-16-22-30-46-106-80-73(85-55(6)90)52(3)76(112-61(12)96)65(116-80)49-109-58(9)93)42-28-27-41-87(69(100)36-26-20-17-23-31-47-107-81-74(86-56(7)91)53(4)77(113-62(13)97)66(117-81)50-110-59(10)94)43-32-39-82-67(98)34-24-18-15-21-29-45-105-79-72(84-54(5)89)51(2)75(111-60(11)95)64(115-79)48-108-57(8)92/h51-53,63-66,72-77,79-81H,14-50H2,1-13H3,(H,82,98)(H,83,99)(H,84,89)(H,85,90)(H,86,91)(H,101,102)/t51-,52-,53-,63?,64?,65?,66?,72?,73?,74?,75-,76-,77-,79-,80-,81-/m1/s1. The number of hydrogen-bond acceptors (Lipinski definition) is 28. The number of carboxylic acid groups (broad SMARTS) is 1. The number of nitrogens with one attached hydrogen (secondary N) is 5. The maximum Gasteiger partial charge on any atom is 0.307 e. The first-order chi connectivity index (χ1) is 55.6. The lowest BCUT2D eigenvalue weighted by Crippen LogP contribution is -2.62. The molecule has 0 aliphatic carbocycles. The van der Waals surface area contributed by atoms with E-state index in [0.717, 1.165) is 51.4 Å². The number of ether oxygens (including phenoxy) is 13. The predicted octanol–water partition coefficient (Wildman–Crippen LogP) is 5.78. The van der Waals surface area contributed by atoms with E-state index in [4.69, 9.17) is 61.6 Å². The summed E-state index contributed by atoms with van der Waals surface area (Å²) in [6, 6.07) is -2.01. The molecule has 36 heteroatoms. The number of hydrogen-bond donors (Lipinski definition) is 6. The molecule has 16 atom stereocenters. The van der Waals surface area contributed by atoms with Crippen molar-refractivity contribution in [1.82, 2.24) is 36.4 Å². The first-order valence-electron chi connectivity index (χ1n) is 41.7. The number of nitrogens with zero attached hydrogens (tertiary/aromatic N) is 2. The molecule has 0 bridgehead atoms. The number of carboxylic acids is 1. The molecule has 0 saturated carbocycles. The Hall–Kier alpha value is -8.19. The molecule has 0 aromatic rings. The van der Waals surface area contributed by atoms with Crippen LogP contribution in [0.15, 0.2) is 0 Å². The van der Waals surface area contributed by atoms with Gasteiger partial charge >= 0.3 is 47.8 Å². The van der Waals surface area contributed by atoms with Crippen LogP contribution in [0.5, 0.6) is 0 Å². The predicted molar refractivity (Wildman–Crippen MR) is 419 cm³/mol. The zero-order chi connectivity index (χ0) is 86.9. The zero-order valence-corrected chi connectivity index (χ0v) is 71.2. The highest BCUT2D eigenvalue weighted by atomic mass is 16.7. The number of rotatable bonds is 58. The second-order valence-corrected chi connectivity index (χ2v) is 30.3. The fourth-order valence-electron chi connectivity index (χ4n) is 14.1. The Kier molecular flexibility index (Phi) is 50.9. The Morgan fingerprint density at radius 1 is 0.376 bits per heavy atom. The highest BCUT2D eigenvalue weighted by Crippen LogP contribution is 2.34. The first kappa shape index (κ1) is 103. The summed E-state index contributed by atoms with van der Waals surface area (Å²) in [5.41, 5.74) is 0. The van der Waals surface area contributed by atoms with Crippen LogP contribution < -0.4 is 26.6 Å². The Balaban J connectivity index is 1.61. The van der Waals surface area contributed by atoms with Crippen LogP contribution in [0.2, 0.25) is 0 Å². The van der Waals surface area contributed by atoms with Crippen LogP contribution >= 0.6 is 0 Å². The number of carbonyl (C=O) groups excluding carboxylic acids is 14. The van der Waals surface area contributed by atoms with Gasteiger partial charge in [-0.2, -0.15) is 0 Å². The SMILES string of the molecule is CCC(OC(=O)CCC(=O)O)C(=O)N(CCCCN(CCCNC(=O)CCCCCCCO[C@@H]1OC(COC(C)=O)[C@H](OC(C)=O)[C@H](C)C1NC(C)=O)C(=O)CCCCCCCO[C@@H]1OC(COC(C)=O)[C@H](OC(C)=O)[C@H](C)C1NC(C)=O)CCCNC(=O)CCCCCCCO[C@@H]1OC(COC(C)=O)[C@H](OC(C)=O)[C@H](C)C1NC(C)=O. The van der Waals surface area contributed by atoms with Gasteiger partial charge in [-0.3, -0.25) is 71.9 Å². The maximum absolute atomic E-state index is 14.2. The quantitative estimate of drug-likeness (QED) is 0.0239. The van der Waals surface area contributed by atoms with E-state index in [0.29, 0.717) is 90.3 Å². The third-order valence-corrected chi connectivity index (χ3v) is 20.1. The molecule has 3 aliphatic heterocycles. The molecular weight excluding hydrogens is 1530 g/mol. The van der Waals surface area contributed by atoms with E-state index in [9.17, 15) is 77.0 Å². The molecule has 0 aromatic heterocycles. The van der Waals surface area contributed by atoms with Crippen molar-refractivity contribution in [3.05, 3.63) is 0 Å². The molecule has 3 saturated heterocycles. The van der Waals surface area contributed by atoms with Crippen molar-refractivity contribution in [2.75, 3.05) is 78.9 Å². The molecule has 3 aliphatic rings. The van der Waals surface area contributed by atoms with Gasteiger partial charge in [0.05, 0.1) is 31.0 Å². The summed E-state index contributed by atoms with van der Waals surface area (Å²) in [5.74, 6) is -8.64. The summed E-state index contributed by atoms with van der Waals surface area (Å²) in [7, 11) is 0. The van der Waals surface area contributed by atoms with Gasteiger partial charge in [-0.1, -0.05) is 85.5 Å². The lowest BCUT2D eigenvalue weighted by atomic mass is 9.88. The van der Waals surface area contributed by atoms with Gasteiger partial charge < -0.3 is 103 Å². The molecule has 117 heavy (non-hydrogen) atoms. The van der Waals surface area contributed by atoms with E-state index >= 15 is 0 Å². The molecular formula is C81H135N7O29. The summed E-state index contributed by atoms with van der Waals surface area (Å²) in [4.78, 5) is 190. The Bertz CT molecular complexity index is 3100. The summed E-state index contributed by atoms with van der Waals surface area (Å²) in [6.07, 6.45) is 3.18. The van der Waals surface area contributed by atoms with Gasteiger partial charge in [-0.05, 0) is 70.6 Å². The number of amides is 7. The van der Waals surface area contributed by atoms with Crippen molar-refractivity contribution >= 4 is 89.1 Å². The molecule has 7 amide bonds. The second-order valence-electron chi connectivity index (χ2n) is 30.3. The molecule has 0 aromatic carbocycles. The molecule has 3 rings (SSSR count). The Morgan fingerprint density at radius 2 is 0.692 bits per heavy atom. The molecule has 6 N–H and O–H groups in total. The average Bonchev–Trinajstić information content (AvgIpc) is 0.808. The number of unbranched alkanes of at least 4 members (excludes halogenated alkanes) is 13. The molecule has 36 nitrogen and oxygen atoms in total. The van der Waals surface area contributed by atoms with E-state index in [1.165, 1.54) is 62.3 Å². The third kappa shape index (κ3) is 42.9. The van der Waals surface area contributed by atoms with Crippen molar-refractivity contribution < 1.29 is 139 Å². The van der Waals surface area contributed by atoms with Crippen LogP contribution in [0.4, 0.5) is 0 Å². The lowest BCUT2D eigenvalue weighted by Gasteiger charge is -2.44. The average molecular weight is 1670 g/mol. The minimum atomic E-state index is -1.20. The van der Waals surface area contributed by atoms with Crippen LogP contribution in [0.3, 0.4) is 0 Å². The maximum atomic E-state index is 14.2. The molecule has 0 spiro atoms. The molecule has 0 radical (unpaired) electrons. The normalized spacial score (nSPS) is 23.1. The molecule has 668 valence electrons. The fourth-order valence-corrected chi connectivity index (χ4v) is 14.1. The summed E-state index contributed by atoms with van der Waals surface area (Å²) >= 11 is 0. The second kappa shape index (κ2) is 57.9. The molecule has 3 fully saturated rings. The van der Waals surface area contributed by atoms with Crippen molar-refractivity contribution in [3.8, 4) is 0 Å². The Labute approximate surface area is 688 Å². The zero-order valence-electron chi connectivity index (χ0n) is 71.2. The monoisotopic (exact) mass is 1670 g/mol. The van der Waals surface area contributed by atoms with E-state index in [-0.39, 0.29) is 120 Å². The van der Waals surface area contributed by atoms with Gasteiger partial charge in [-0.25, -0.2) is 0 Å². The van der Waals surface area contributed by atoms with Gasteiger partial charge in [0, 0.05) is 158 Å². The first-order valence-corrected chi connectivity index (χ1v) is 41.7. The van der Waals surface area contributed by atoms with Crippen molar-refractivity contribution in [3.63, 3.8) is 0 Å². The highest BCUT2D eigenvalue weighted by molar-refractivity contribution is 5.85.